The normalized spacial score (nSPS) is 12.2. The molecule has 0 aliphatic heterocycles. The molecule has 0 radical (unpaired) electrons. The third-order valence-electron chi connectivity index (χ3n) is 2.26. The molecule has 0 saturated carbocycles. The van der Waals surface area contributed by atoms with Gasteiger partial charge in [-0.05, 0) is 30.3 Å². The van der Waals surface area contributed by atoms with Crippen LogP contribution in [-0.4, -0.2) is 24.0 Å². The minimum atomic E-state index is -0.0895. The van der Waals surface area contributed by atoms with Gasteiger partial charge < -0.3 is 11.1 Å². The Hall–Kier alpha value is -0.420. The molecule has 1 aromatic rings. The summed E-state index contributed by atoms with van der Waals surface area (Å²) in [7, 11) is 0. The van der Waals surface area contributed by atoms with Crippen LogP contribution >= 0.6 is 35.0 Å². The van der Waals surface area contributed by atoms with E-state index in [2.05, 4.69) is 12.2 Å². The molecule has 100 valence electrons. The van der Waals surface area contributed by atoms with Gasteiger partial charge in [0.05, 0.1) is 21.5 Å². The molecule has 3 N–H and O–H groups in total. The molecular formula is C12H16Cl2N2OS. The van der Waals surface area contributed by atoms with Gasteiger partial charge in [-0.15, -0.1) is 0 Å². The number of anilines is 1. The molecule has 1 aromatic carbocycles. The fourth-order valence-corrected chi connectivity index (χ4v) is 2.47. The number of benzene rings is 1. The Morgan fingerprint density at radius 3 is 2.89 bits per heavy atom. The minimum absolute atomic E-state index is 0.0895. The average Bonchev–Trinajstić information content (AvgIpc) is 2.34. The second-order valence-electron chi connectivity index (χ2n) is 4.01. The van der Waals surface area contributed by atoms with E-state index in [0.717, 1.165) is 5.75 Å². The van der Waals surface area contributed by atoms with Crippen LogP contribution < -0.4 is 11.1 Å². The van der Waals surface area contributed by atoms with Crippen molar-refractivity contribution in [3.8, 4) is 0 Å². The third kappa shape index (κ3) is 5.06. The minimum Gasteiger partial charge on any atom is -0.330 e. The molecule has 18 heavy (non-hydrogen) atoms. The number of halogens is 2. The van der Waals surface area contributed by atoms with Crippen molar-refractivity contribution in [1.29, 1.82) is 0 Å². The lowest BCUT2D eigenvalue weighted by Crippen LogP contribution is -2.17. The molecule has 1 amide bonds. The summed E-state index contributed by atoms with van der Waals surface area (Å²) in [4.78, 5) is 11.7. The van der Waals surface area contributed by atoms with E-state index in [0.29, 0.717) is 33.9 Å². The van der Waals surface area contributed by atoms with Gasteiger partial charge in [0, 0.05) is 0 Å². The molecule has 0 bridgehead atoms. The average molecular weight is 307 g/mol. The maximum absolute atomic E-state index is 11.7. The Morgan fingerprint density at radius 2 is 2.22 bits per heavy atom. The highest BCUT2D eigenvalue weighted by Crippen LogP contribution is 2.29. The first-order valence-corrected chi connectivity index (χ1v) is 7.47. The first kappa shape index (κ1) is 15.6. The van der Waals surface area contributed by atoms with Crippen molar-refractivity contribution in [2.24, 2.45) is 11.7 Å². The number of amides is 1. The second kappa shape index (κ2) is 7.89. The molecule has 0 fully saturated rings. The molecule has 1 unspecified atom stereocenters. The van der Waals surface area contributed by atoms with Gasteiger partial charge in [0.25, 0.3) is 0 Å². The monoisotopic (exact) mass is 306 g/mol. The van der Waals surface area contributed by atoms with Crippen molar-refractivity contribution in [3.63, 3.8) is 0 Å². The highest BCUT2D eigenvalue weighted by Gasteiger charge is 2.09. The molecule has 0 spiro atoms. The first-order valence-electron chi connectivity index (χ1n) is 5.56. The van der Waals surface area contributed by atoms with Gasteiger partial charge in [0.2, 0.25) is 5.91 Å². The zero-order valence-corrected chi connectivity index (χ0v) is 12.4. The number of hydrogen-bond donors (Lipinski definition) is 2. The number of carbonyl (C=O) groups is 1. The van der Waals surface area contributed by atoms with Crippen molar-refractivity contribution >= 4 is 46.6 Å². The van der Waals surface area contributed by atoms with Gasteiger partial charge in [-0.2, -0.15) is 11.8 Å². The van der Waals surface area contributed by atoms with E-state index in [1.807, 2.05) is 0 Å². The molecule has 0 aromatic heterocycles. The Balaban J connectivity index is 2.43. The number of rotatable bonds is 6. The highest BCUT2D eigenvalue weighted by molar-refractivity contribution is 7.99. The topological polar surface area (TPSA) is 55.1 Å². The van der Waals surface area contributed by atoms with E-state index < -0.39 is 0 Å². The van der Waals surface area contributed by atoms with Crippen molar-refractivity contribution in [2.75, 3.05) is 23.4 Å². The van der Waals surface area contributed by atoms with Gasteiger partial charge in [-0.25, -0.2) is 0 Å². The predicted molar refractivity (Wildman–Crippen MR) is 80.6 cm³/mol. The molecule has 6 heteroatoms. The fraction of sp³-hybridized carbons (Fsp3) is 0.417. The number of nitrogens with two attached hydrogens (primary N) is 1. The lowest BCUT2D eigenvalue weighted by Gasteiger charge is -2.09. The van der Waals surface area contributed by atoms with Gasteiger partial charge >= 0.3 is 0 Å². The first-order chi connectivity index (χ1) is 8.54. The predicted octanol–water partition coefficient (Wildman–Crippen LogP) is 3.26. The fourth-order valence-electron chi connectivity index (χ4n) is 1.21. The summed E-state index contributed by atoms with van der Waals surface area (Å²) < 4.78 is 0. The van der Waals surface area contributed by atoms with Crippen molar-refractivity contribution in [2.45, 2.75) is 6.92 Å². The smallest absolute Gasteiger partial charge is 0.234 e. The molecule has 0 saturated heterocycles. The van der Waals surface area contributed by atoms with E-state index in [1.54, 1.807) is 30.0 Å². The molecular weight excluding hydrogens is 291 g/mol. The van der Waals surface area contributed by atoms with Gasteiger partial charge in [0.1, 0.15) is 0 Å². The summed E-state index contributed by atoms with van der Waals surface area (Å²) in [6.45, 7) is 2.69. The summed E-state index contributed by atoms with van der Waals surface area (Å²) in [6, 6.07) is 5.14. The van der Waals surface area contributed by atoms with Crippen molar-refractivity contribution < 1.29 is 4.79 Å². The quantitative estimate of drug-likeness (QED) is 0.848. The van der Waals surface area contributed by atoms with Crippen LogP contribution in [0.25, 0.3) is 0 Å². The summed E-state index contributed by atoms with van der Waals surface area (Å²) in [5.74, 6) is 1.58. The molecule has 1 atom stereocenters. The van der Waals surface area contributed by atoms with Crippen LogP contribution in [-0.2, 0) is 4.79 Å². The summed E-state index contributed by atoms with van der Waals surface area (Å²) in [5, 5.41) is 3.53. The number of hydrogen-bond acceptors (Lipinski definition) is 3. The standard InChI is InChI=1S/C12H16Cl2N2OS/c1-8(5-15)6-18-7-11(17)16-10-4-2-3-9(13)12(10)14/h2-4,8H,5-7,15H2,1H3,(H,16,17). The number of carbonyl (C=O) groups excluding carboxylic acids is 1. The van der Waals surface area contributed by atoms with Crippen LogP contribution in [0.2, 0.25) is 10.0 Å². The Bertz CT molecular complexity index is 415. The highest BCUT2D eigenvalue weighted by atomic mass is 35.5. The molecule has 3 nitrogen and oxygen atoms in total. The molecule has 1 rings (SSSR count). The maximum atomic E-state index is 11.7. The van der Waals surface area contributed by atoms with Gasteiger partial charge in [-0.3, -0.25) is 4.79 Å². The van der Waals surface area contributed by atoms with Crippen molar-refractivity contribution in [3.05, 3.63) is 28.2 Å². The van der Waals surface area contributed by atoms with E-state index in [-0.39, 0.29) is 5.91 Å². The van der Waals surface area contributed by atoms with Crippen LogP contribution in [0, 0.1) is 5.92 Å². The molecule has 0 aliphatic rings. The molecule has 0 aliphatic carbocycles. The van der Waals surface area contributed by atoms with Gasteiger partial charge in [0.15, 0.2) is 0 Å². The number of thioether (sulfide) groups is 1. The zero-order valence-electron chi connectivity index (χ0n) is 10.1. The number of nitrogens with one attached hydrogen (secondary N) is 1. The van der Waals surface area contributed by atoms with Crippen LogP contribution in [0.4, 0.5) is 5.69 Å². The van der Waals surface area contributed by atoms with E-state index in [9.17, 15) is 4.79 Å². The Kier molecular flexibility index (Phi) is 6.86. The van der Waals surface area contributed by atoms with Crippen LogP contribution in [0.1, 0.15) is 6.92 Å². The lowest BCUT2D eigenvalue weighted by atomic mass is 10.2. The van der Waals surface area contributed by atoms with Crippen LogP contribution in [0.15, 0.2) is 18.2 Å². The van der Waals surface area contributed by atoms with Crippen molar-refractivity contribution in [1.82, 2.24) is 0 Å². The Morgan fingerprint density at radius 1 is 1.50 bits per heavy atom. The van der Waals surface area contributed by atoms with Gasteiger partial charge in [-0.1, -0.05) is 36.2 Å². The van der Waals surface area contributed by atoms with E-state index >= 15 is 0 Å². The van der Waals surface area contributed by atoms with Crippen LogP contribution in [0.3, 0.4) is 0 Å². The molecule has 0 heterocycles. The van der Waals surface area contributed by atoms with E-state index in [4.69, 9.17) is 28.9 Å². The summed E-state index contributed by atoms with van der Waals surface area (Å²) in [5.41, 5.74) is 6.05. The maximum Gasteiger partial charge on any atom is 0.234 e. The summed E-state index contributed by atoms with van der Waals surface area (Å²) >= 11 is 13.4. The lowest BCUT2D eigenvalue weighted by molar-refractivity contribution is -0.113. The van der Waals surface area contributed by atoms with Crippen LogP contribution in [0.5, 0.6) is 0 Å². The largest absolute Gasteiger partial charge is 0.330 e. The Labute approximate surface area is 121 Å². The third-order valence-corrected chi connectivity index (χ3v) is 4.35. The zero-order chi connectivity index (χ0) is 13.5. The SMILES string of the molecule is CC(CN)CSCC(=O)Nc1cccc(Cl)c1Cl. The van der Waals surface area contributed by atoms with E-state index in [1.165, 1.54) is 0 Å². The summed E-state index contributed by atoms with van der Waals surface area (Å²) in [6.07, 6.45) is 0. The second-order valence-corrected chi connectivity index (χ2v) is 5.82.